The maximum Gasteiger partial charge on any atom is 0.129 e. The molecule has 0 radical (unpaired) electrons. The van der Waals surface area contributed by atoms with Crippen LogP contribution in [0.15, 0.2) is 18.2 Å². The Hall–Kier alpha value is -0.610. The van der Waals surface area contributed by atoms with E-state index in [-0.39, 0.29) is 6.04 Å². The third-order valence-electron chi connectivity index (χ3n) is 3.47. The highest BCUT2D eigenvalue weighted by molar-refractivity contribution is 7.99. The highest BCUT2D eigenvalue weighted by Crippen LogP contribution is 2.26. The fourth-order valence-electron chi connectivity index (χ4n) is 2.46. The molecule has 0 saturated carbocycles. The Labute approximate surface area is 111 Å². The Balaban J connectivity index is 1.87. The minimum Gasteiger partial charge on any atom is -0.327 e. The van der Waals surface area contributed by atoms with Crippen LogP contribution in [-0.4, -0.2) is 17.5 Å². The molecule has 1 aromatic carbocycles. The van der Waals surface area contributed by atoms with Crippen molar-refractivity contribution in [1.29, 1.82) is 0 Å². The molecule has 4 heteroatoms. The van der Waals surface area contributed by atoms with Crippen molar-refractivity contribution in [3.05, 3.63) is 35.4 Å². The van der Waals surface area contributed by atoms with Crippen LogP contribution in [0.3, 0.4) is 0 Å². The van der Waals surface area contributed by atoms with Crippen molar-refractivity contribution in [2.45, 2.75) is 31.7 Å². The molecule has 0 aliphatic carbocycles. The quantitative estimate of drug-likeness (QED) is 0.908. The highest BCUT2D eigenvalue weighted by atomic mass is 32.2. The summed E-state index contributed by atoms with van der Waals surface area (Å²) in [4.78, 5) is 0. The SMILES string of the molecule is NC(Cc1ccc(F)cc1F)CC1CCSCC1. The Morgan fingerprint density at radius 1 is 1.28 bits per heavy atom. The van der Waals surface area contributed by atoms with Gasteiger partial charge >= 0.3 is 0 Å². The summed E-state index contributed by atoms with van der Waals surface area (Å²) < 4.78 is 26.3. The molecule has 1 atom stereocenters. The average Bonchev–Trinajstić information content (AvgIpc) is 2.34. The summed E-state index contributed by atoms with van der Waals surface area (Å²) >= 11 is 1.99. The summed E-state index contributed by atoms with van der Waals surface area (Å²) in [5, 5.41) is 0. The van der Waals surface area contributed by atoms with Crippen LogP contribution in [0.2, 0.25) is 0 Å². The largest absolute Gasteiger partial charge is 0.327 e. The molecular weight excluding hydrogens is 252 g/mol. The van der Waals surface area contributed by atoms with Gasteiger partial charge in [0.2, 0.25) is 0 Å². The zero-order valence-corrected chi connectivity index (χ0v) is 11.2. The summed E-state index contributed by atoms with van der Waals surface area (Å²) in [5.74, 6) is 2.08. The van der Waals surface area contributed by atoms with Crippen molar-refractivity contribution < 1.29 is 8.78 Å². The zero-order chi connectivity index (χ0) is 13.0. The Kier molecular flexibility index (Phi) is 5.01. The number of benzene rings is 1. The van der Waals surface area contributed by atoms with Gasteiger partial charge in [-0.1, -0.05) is 6.07 Å². The predicted octanol–water partition coefficient (Wildman–Crippen LogP) is 3.37. The van der Waals surface area contributed by atoms with E-state index in [2.05, 4.69) is 0 Å². The minimum absolute atomic E-state index is 0.0296. The molecule has 1 saturated heterocycles. The fourth-order valence-corrected chi connectivity index (χ4v) is 3.67. The van der Waals surface area contributed by atoms with Gasteiger partial charge < -0.3 is 5.73 Å². The summed E-state index contributed by atoms with van der Waals surface area (Å²) in [6.45, 7) is 0. The van der Waals surface area contributed by atoms with Crippen molar-refractivity contribution in [2.24, 2.45) is 11.7 Å². The first-order chi connectivity index (χ1) is 8.65. The maximum atomic E-state index is 13.5. The smallest absolute Gasteiger partial charge is 0.129 e. The van der Waals surface area contributed by atoms with Gasteiger partial charge in [0.05, 0.1) is 0 Å². The van der Waals surface area contributed by atoms with E-state index in [1.54, 1.807) is 0 Å². The standard InChI is InChI=1S/C14H19F2NS/c15-12-2-1-11(14(16)9-12)8-13(17)7-10-3-5-18-6-4-10/h1-2,9-10,13H,3-8,17H2. The van der Waals surface area contributed by atoms with Gasteiger partial charge in [0.15, 0.2) is 0 Å². The maximum absolute atomic E-state index is 13.5. The van der Waals surface area contributed by atoms with E-state index in [9.17, 15) is 8.78 Å². The van der Waals surface area contributed by atoms with Crippen molar-refractivity contribution in [3.63, 3.8) is 0 Å². The van der Waals surface area contributed by atoms with Gasteiger partial charge in [-0.05, 0) is 54.7 Å². The van der Waals surface area contributed by atoms with Gasteiger partial charge in [0.25, 0.3) is 0 Å². The number of thioether (sulfide) groups is 1. The van der Waals surface area contributed by atoms with Gasteiger partial charge in [-0.3, -0.25) is 0 Å². The van der Waals surface area contributed by atoms with E-state index in [4.69, 9.17) is 5.73 Å². The molecule has 1 aliphatic heterocycles. The Bertz CT molecular complexity index is 391. The van der Waals surface area contributed by atoms with Crippen LogP contribution in [0.25, 0.3) is 0 Å². The van der Waals surface area contributed by atoms with Gasteiger partial charge in [-0.15, -0.1) is 0 Å². The van der Waals surface area contributed by atoms with Gasteiger partial charge in [0, 0.05) is 12.1 Å². The van der Waals surface area contributed by atoms with Crippen LogP contribution >= 0.6 is 11.8 Å². The van der Waals surface area contributed by atoms with Crippen LogP contribution in [-0.2, 0) is 6.42 Å². The van der Waals surface area contributed by atoms with Crippen LogP contribution < -0.4 is 5.73 Å². The van der Waals surface area contributed by atoms with Crippen molar-refractivity contribution >= 4 is 11.8 Å². The predicted molar refractivity (Wildman–Crippen MR) is 72.7 cm³/mol. The third kappa shape index (κ3) is 3.95. The summed E-state index contributed by atoms with van der Waals surface area (Å²) in [6, 6.07) is 3.70. The molecule has 1 heterocycles. The molecule has 0 aromatic heterocycles. The lowest BCUT2D eigenvalue weighted by Crippen LogP contribution is -2.28. The molecule has 1 fully saturated rings. The van der Waals surface area contributed by atoms with E-state index in [0.717, 1.165) is 12.5 Å². The molecule has 0 amide bonds. The number of hydrogen-bond donors (Lipinski definition) is 1. The van der Waals surface area contributed by atoms with Crippen molar-refractivity contribution in [3.8, 4) is 0 Å². The second kappa shape index (κ2) is 6.53. The van der Waals surface area contributed by atoms with Crippen LogP contribution in [0.5, 0.6) is 0 Å². The molecule has 1 unspecified atom stereocenters. The van der Waals surface area contributed by atoms with E-state index in [1.807, 2.05) is 11.8 Å². The number of hydrogen-bond acceptors (Lipinski definition) is 2. The molecule has 18 heavy (non-hydrogen) atoms. The van der Waals surface area contributed by atoms with E-state index in [1.165, 1.54) is 36.5 Å². The van der Waals surface area contributed by atoms with Gasteiger partial charge in [0.1, 0.15) is 11.6 Å². The van der Waals surface area contributed by atoms with E-state index < -0.39 is 11.6 Å². The zero-order valence-electron chi connectivity index (χ0n) is 10.4. The molecule has 1 aromatic rings. The molecule has 1 nitrogen and oxygen atoms in total. The molecule has 1 aliphatic rings. The lowest BCUT2D eigenvalue weighted by molar-refractivity contribution is 0.403. The van der Waals surface area contributed by atoms with Crippen molar-refractivity contribution in [2.75, 3.05) is 11.5 Å². The third-order valence-corrected chi connectivity index (χ3v) is 4.52. The summed E-state index contributed by atoms with van der Waals surface area (Å²) in [7, 11) is 0. The lowest BCUT2D eigenvalue weighted by atomic mass is 9.91. The second-order valence-electron chi connectivity index (χ2n) is 4.99. The fraction of sp³-hybridized carbons (Fsp3) is 0.571. The van der Waals surface area contributed by atoms with Gasteiger partial charge in [-0.2, -0.15) is 11.8 Å². The number of halogens is 2. The normalized spacial score (nSPS) is 18.8. The average molecular weight is 271 g/mol. The Morgan fingerprint density at radius 3 is 2.67 bits per heavy atom. The highest BCUT2D eigenvalue weighted by Gasteiger charge is 2.18. The summed E-state index contributed by atoms with van der Waals surface area (Å²) in [6.07, 6.45) is 3.86. The topological polar surface area (TPSA) is 26.0 Å². The molecule has 2 N–H and O–H groups in total. The van der Waals surface area contributed by atoms with E-state index >= 15 is 0 Å². The first kappa shape index (κ1) is 13.8. The first-order valence-corrected chi connectivity index (χ1v) is 7.58. The molecule has 0 spiro atoms. The molecule has 0 bridgehead atoms. The summed E-state index contributed by atoms with van der Waals surface area (Å²) in [5.41, 5.74) is 6.60. The monoisotopic (exact) mass is 271 g/mol. The number of nitrogens with two attached hydrogens (primary N) is 1. The first-order valence-electron chi connectivity index (χ1n) is 6.42. The Morgan fingerprint density at radius 2 is 2.00 bits per heavy atom. The van der Waals surface area contributed by atoms with E-state index in [0.29, 0.717) is 17.9 Å². The lowest BCUT2D eigenvalue weighted by Gasteiger charge is -2.24. The number of rotatable bonds is 4. The van der Waals surface area contributed by atoms with Crippen LogP contribution in [0, 0.1) is 17.6 Å². The molecular formula is C14H19F2NS. The molecule has 2 rings (SSSR count). The van der Waals surface area contributed by atoms with Crippen LogP contribution in [0.1, 0.15) is 24.8 Å². The van der Waals surface area contributed by atoms with Gasteiger partial charge in [-0.25, -0.2) is 8.78 Å². The van der Waals surface area contributed by atoms with Crippen LogP contribution in [0.4, 0.5) is 8.78 Å². The minimum atomic E-state index is -0.533. The molecule has 100 valence electrons. The van der Waals surface area contributed by atoms with Crippen molar-refractivity contribution in [1.82, 2.24) is 0 Å². The second-order valence-corrected chi connectivity index (χ2v) is 6.22.